The quantitative estimate of drug-likeness (QED) is 0.435. The van der Waals surface area contributed by atoms with Crippen molar-refractivity contribution in [2.45, 2.75) is 40.5 Å². The Morgan fingerprint density at radius 1 is 0.938 bits per heavy atom. The van der Waals surface area contributed by atoms with E-state index < -0.39 is 11.2 Å². The molecule has 0 saturated carbocycles. The first kappa shape index (κ1) is 23.0. The van der Waals surface area contributed by atoms with E-state index in [4.69, 9.17) is 9.15 Å². The first-order valence-electron chi connectivity index (χ1n) is 10.3. The molecular weight excluding hydrogens is 408 g/mol. The standard InChI is InChI=1S/C26H28O6/c1-14(2)6-8-16-10-18(11-17(23(16)29)9-7-15(3)4)25-26(31-5)24(30)22-20(28)12-19(27)13-21(22)32-25/h6-7,10-13,27-29H,8-9H2,1-5H3. The number of rotatable bonds is 6. The van der Waals surface area contributed by atoms with Crippen molar-refractivity contribution in [3.8, 4) is 34.3 Å². The smallest absolute Gasteiger partial charge is 0.239 e. The Morgan fingerprint density at radius 3 is 2.00 bits per heavy atom. The van der Waals surface area contributed by atoms with Crippen LogP contribution in [0.5, 0.6) is 23.0 Å². The molecule has 0 aliphatic heterocycles. The van der Waals surface area contributed by atoms with Crippen molar-refractivity contribution in [3.63, 3.8) is 0 Å². The van der Waals surface area contributed by atoms with E-state index in [1.807, 2.05) is 39.8 Å². The third kappa shape index (κ3) is 4.64. The summed E-state index contributed by atoms with van der Waals surface area (Å²) in [5, 5.41) is 30.8. The van der Waals surface area contributed by atoms with Crippen LogP contribution in [0.25, 0.3) is 22.3 Å². The highest BCUT2D eigenvalue weighted by molar-refractivity contribution is 5.88. The van der Waals surface area contributed by atoms with Gasteiger partial charge >= 0.3 is 0 Å². The molecule has 0 spiro atoms. The summed E-state index contributed by atoms with van der Waals surface area (Å²) in [4.78, 5) is 13.1. The molecule has 0 unspecified atom stereocenters. The molecule has 6 nitrogen and oxygen atoms in total. The van der Waals surface area contributed by atoms with E-state index in [0.717, 1.165) is 17.2 Å². The minimum atomic E-state index is -0.550. The van der Waals surface area contributed by atoms with Crippen molar-refractivity contribution in [1.29, 1.82) is 0 Å². The highest BCUT2D eigenvalue weighted by Crippen LogP contribution is 2.38. The van der Waals surface area contributed by atoms with Crippen LogP contribution in [0.2, 0.25) is 0 Å². The predicted molar refractivity (Wildman–Crippen MR) is 126 cm³/mol. The minimum Gasteiger partial charge on any atom is -0.508 e. The first-order chi connectivity index (χ1) is 15.1. The van der Waals surface area contributed by atoms with Crippen LogP contribution in [0.4, 0.5) is 0 Å². The fourth-order valence-electron chi connectivity index (χ4n) is 3.47. The van der Waals surface area contributed by atoms with E-state index in [0.29, 0.717) is 29.5 Å². The summed E-state index contributed by atoms with van der Waals surface area (Å²) in [6.45, 7) is 7.93. The van der Waals surface area contributed by atoms with E-state index >= 15 is 0 Å². The van der Waals surface area contributed by atoms with Gasteiger partial charge in [-0.25, -0.2) is 0 Å². The SMILES string of the molecule is COc1c(-c2cc(CC=C(C)C)c(O)c(CC=C(C)C)c2)oc2cc(O)cc(O)c2c1=O. The second kappa shape index (κ2) is 9.22. The monoisotopic (exact) mass is 436 g/mol. The summed E-state index contributed by atoms with van der Waals surface area (Å²) < 4.78 is 11.3. The zero-order valence-corrected chi connectivity index (χ0v) is 18.9. The van der Waals surface area contributed by atoms with Crippen LogP contribution in [0, 0.1) is 0 Å². The lowest BCUT2D eigenvalue weighted by Gasteiger charge is -2.14. The van der Waals surface area contributed by atoms with Gasteiger partial charge in [-0.1, -0.05) is 23.3 Å². The second-order valence-corrected chi connectivity index (χ2v) is 8.25. The number of methoxy groups -OCH3 is 1. The maximum Gasteiger partial charge on any atom is 0.239 e. The summed E-state index contributed by atoms with van der Waals surface area (Å²) in [6.07, 6.45) is 5.03. The average molecular weight is 437 g/mol. The zero-order valence-electron chi connectivity index (χ0n) is 18.9. The largest absolute Gasteiger partial charge is 0.508 e. The van der Waals surface area contributed by atoms with Crippen LogP contribution >= 0.6 is 0 Å². The van der Waals surface area contributed by atoms with Gasteiger partial charge in [0, 0.05) is 17.7 Å². The maximum absolute atomic E-state index is 13.1. The molecule has 1 heterocycles. The van der Waals surface area contributed by atoms with Gasteiger partial charge in [0.2, 0.25) is 11.2 Å². The van der Waals surface area contributed by atoms with Gasteiger partial charge in [-0.3, -0.25) is 4.79 Å². The fourth-order valence-corrected chi connectivity index (χ4v) is 3.47. The van der Waals surface area contributed by atoms with Crippen LogP contribution in [-0.2, 0) is 12.8 Å². The van der Waals surface area contributed by atoms with Crippen molar-refractivity contribution in [1.82, 2.24) is 0 Å². The average Bonchev–Trinajstić information content (AvgIpc) is 2.71. The van der Waals surface area contributed by atoms with Gasteiger partial charge in [0.1, 0.15) is 28.2 Å². The molecule has 0 radical (unpaired) electrons. The van der Waals surface area contributed by atoms with Crippen molar-refractivity contribution >= 4 is 11.0 Å². The molecule has 1 aromatic heterocycles. The van der Waals surface area contributed by atoms with Crippen molar-refractivity contribution in [2.24, 2.45) is 0 Å². The van der Waals surface area contributed by atoms with Crippen LogP contribution in [0.1, 0.15) is 38.8 Å². The molecule has 0 amide bonds. The van der Waals surface area contributed by atoms with E-state index in [2.05, 4.69) is 0 Å². The molecule has 3 aromatic rings. The van der Waals surface area contributed by atoms with Gasteiger partial charge in [0.05, 0.1) is 7.11 Å². The van der Waals surface area contributed by atoms with Gasteiger partial charge in [-0.05, 0) is 63.8 Å². The van der Waals surface area contributed by atoms with Gasteiger partial charge in [-0.2, -0.15) is 0 Å². The number of benzene rings is 2. The Kier molecular flexibility index (Phi) is 6.63. The zero-order chi connectivity index (χ0) is 23.6. The van der Waals surface area contributed by atoms with E-state index in [1.165, 1.54) is 13.2 Å². The molecule has 168 valence electrons. The molecule has 0 bridgehead atoms. The van der Waals surface area contributed by atoms with E-state index in [-0.39, 0.29) is 34.0 Å². The molecule has 32 heavy (non-hydrogen) atoms. The van der Waals surface area contributed by atoms with Gasteiger partial charge in [-0.15, -0.1) is 0 Å². The number of hydrogen-bond acceptors (Lipinski definition) is 6. The number of hydrogen-bond donors (Lipinski definition) is 3. The lowest BCUT2D eigenvalue weighted by molar-refractivity contribution is 0.397. The summed E-state index contributed by atoms with van der Waals surface area (Å²) in [7, 11) is 1.35. The number of aromatic hydroxyl groups is 3. The number of ether oxygens (including phenoxy) is 1. The molecular formula is C26H28O6. The normalized spacial score (nSPS) is 10.8. The lowest BCUT2D eigenvalue weighted by atomic mass is 9.96. The highest BCUT2D eigenvalue weighted by atomic mass is 16.5. The maximum atomic E-state index is 13.1. The number of allylic oxidation sites excluding steroid dienone is 4. The van der Waals surface area contributed by atoms with Gasteiger partial charge in [0.25, 0.3) is 0 Å². The topological polar surface area (TPSA) is 100 Å². The minimum absolute atomic E-state index is 0.0353. The van der Waals surface area contributed by atoms with Crippen molar-refractivity contribution in [2.75, 3.05) is 7.11 Å². The van der Waals surface area contributed by atoms with Gasteiger partial charge in [0.15, 0.2) is 5.76 Å². The van der Waals surface area contributed by atoms with Crippen LogP contribution in [0.15, 0.2) is 56.8 Å². The van der Waals surface area contributed by atoms with Crippen molar-refractivity contribution in [3.05, 3.63) is 68.9 Å². The molecule has 6 heteroatoms. The Morgan fingerprint density at radius 2 is 1.50 bits per heavy atom. The van der Waals surface area contributed by atoms with E-state index in [9.17, 15) is 20.1 Å². The third-order valence-corrected chi connectivity index (χ3v) is 5.11. The summed E-state index contributed by atoms with van der Waals surface area (Å²) in [6, 6.07) is 5.87. The molecule has 0 saturated heterocycles. The number of phenolic OH excluding ortho intramolecular Hbond substituents is 3. The first-order valence-corrected chi connectivity index (χ1v) is 10.3. The van der Waals surface area contributed by atoms with Crippen LogP contribution in [0.3, 0.4) is 0 Å². The fraction of sp³-hybridized carbons (Fsp3) is 0.269. The second-order valence-electron chi connectivity index (χ2n) is 8.25. The third-order valence-electron chi connectivity index (χ3n) is 5.11. The van der Waals surface area contributed by atoms with Crippen molar-refractivity contribution < 1.29 is 24.5 Å². The van der Waals surface area contributed by atoms with Crippen LogP contribution < -0.4 is 10.2 Å². The van der Waals surface area contributed by atoms with Crippen LogP contribution in [-0.4, -0.2) is 22.4 Å². The Hall–Kier alpha value is -3.67. The summed E-state index contributed by atoms with van der Waals surface area (Å²) in [5.41, 5.74) is 3.63. The van der Waals surface area contributed by atoms with E-state index in [1.54, 1.807) is 12.1 Å². The summed E-state index contributed by atoms with van der Waals surface area (Å²) in [5.74, 6) is -0.329. The number of fused-ring (bicyclic) bond motifs is 1. The Bertz CT molecular complexity index is 1240. The molecule has 2 aromatic carbocycles. The molecule has 0 aliphatic rings. The van der Waals surface area contributed by atoms with Gasteiger partial charge < -0.3 is 24.5 Å². The molecule has 0 aliphatic carbocycles. The highest BCUT2D eigenvalue weighted by Gasteiger charge is 2.22. The Balaban J connectivity index is 2.33. The molecule has 3 rings (SSSR count). The molecule has 0 fully saturated rings. The molecule has 0 atom stereocenters. The number of phenols is 3. The predicted octanol–water partition coefficient (Wildman–Crippen LogP) is 5.60. The summed E-state index contributed by atoms with van der Waals surface area (Å²) >= 11 is 0. The molecule has 3 N–H and O–H groups in total. The Labute approximate surface area is 186 Å². The lowest BCUT2D eigenvalue weighted by Crippen LogP contribution is -2.08.